The molecule has 2 heterocycles. The fourth-order valence-electron chi connectivity index (χ4n) is 3.72. The molecule has 160 valence electrons. The number of aromatic nitrogens is 3. The van der Waals surface area contributed by atoms with Crippen LogP contribution in [0.1, 0.15) is 23.5 Å². The van der Waals surface area contributed by atoms with Crippen LogP contribution in [0.5, 0.6) is 11.5 Å². The van der Waals surface area contributed by atoms with E-state index in [-0.39, 0.29) is 11.8 Å². The first-order valence-electron chi connectivity index (χ1n) is 9.91. The maximum atomic E-state index is 13.0. The fraction of sp³-hybridized carbons (Fsp3) is 0.304. The molecule has 31 heavy (non-hydrogen) atoms. The molecule has 2 unspecified atom stereocenters. The summed E-state index contributed by atoms with van der Waals surface area (Å²) in [5.74, 6) is 2.16. The van der Waals surface area contributed by atoms with Crippen molar-refractivity contribution in [2.45, 2.75) is 25.7 Å². The van der Waals surface area contributed by atoms with Crippen molar-refractivity contribution >= 4 is 23.3 Å². The largest absolute Gasteiger partial charge is 0.497 e. The summed E-state index contributed by atoms with van der Waals surface area (Å²) in [6.45, 7) is 4.05. The smallest absolute Gasteiger partial charge is 0.229 e. The molecule has 2 atom stereocenters. The molecule has 2 aromatic heterocycles. The summed E-state index contributed by atoms with van der Waals surface area (Å²) in [5.41, 5.74) is 1.33. The summed E-state index contributed by atoms with van der Waals surface area (Å²) in [5, 5.41) is 3.40. The number of aryl methyl sites for hydroxylation is 2. The molecule has 7 nitrogen and oxygen atoms in total. The van der Waals surface area contributed by atoms with Gasteiger partial charge in [0.25, 0.3) is 0 Å². The van der Waals surface area contributed by atoms with Crippen molar-refractivity contribution < 1.29 is 14.3 Å². The Hall–Kier alpha value is -3.19. The van der Waals surface area contributed by atoms with Gasteiger partial charge in [-0.15, -0.1) is 0 Å². The maximum Gasteiger partial charge on any atom is 0.229 e. The van der Waals surface area contributed by atoms with Gasteiger partial charge in [-0.05, 0) is 50.1 Å². The van der Waals surface area contributed by atoms with Crippen molar-refractivity contribution in [1.82, 2.24) is 15.0 Å². The molecule has 4 rings (SSSR count). The van der Waals surface area contributed by atoms with Gasteiger partial charge < -0.3 is 14.8 Å². The highest BCUT2D eigenvalue weighted by molar-refractivity contribution is 6.30. The van der Waals surface area contributed by atoms with Gasteiger partial charge in [-0.2, -0.15) is 0 Å². The number of pyridine rings is 1. The van der Waals surface area contributed by atoms with Gasteiger partial charge in [0.15, 0.2) is 5.75 Å². The first-order chi connectivity index (χ1) is 14.9. The Kier molecular flexibility index (Phi) is 5.78. The van der Waals surface area contributed by atoms with Gasteiger partial charge in [0.1, 0.15) is 17.4 Å². The highest BCUT2D eigenvalue weighted by Gasteiger charge is 2.60. The lowest BCUT2D eigenvalue weighted by Crippen LogP contribution is -2.27. The second kappa shape index (κ2) is 8.51. The number of rotatable bonds is 7. The van der Waals surface area contributed by atoms with Crippen LogP contribution in [0.2, 0.25) is 5.02 Å². The Morgan fingerprint density at radius 3 is 2.58 bits per heavy atom. The van der Waals surface area contributed by atoms with Gasteiger partial charge in [-0.25, -0.2) is 15.0 Å². The number of hydrogen-bond donors (Lipinski definition) is 1. The molecule has 3 aromatic rings. The van der Waals surface area contributed by atoms with Crippen LogP contribution in [0.3, 0.4) is 0 Å². The van der Waals surface area contributed by atoms with Crippen molar-refractivity contribution in [3.8, 4) is 11.5 Å². The van der Waals surface area contributed by atoms with Crippen LogP contribution < -0.4 is 14.8 Å². The summed E-state index contributed by atoms with van der Waals surface area (Å²) in [6, 6.07) is 11.1. The maximum absolute atomic E-state index is 13.0. The third kappa shape index (κ3) is 4.46. The Labute approximate surface area is 185 Å². The lowest BCUT2D eigenvalue weighted by molar-refractivity contribution is -0.117. The first kappa shape index (κ1) is 21.1. The fourth-order valence-corrected chi connectivity index (χ4v) is 3.83. The summed E-state index contributed by atoms with van der Waals surface area (Å²) in [7, 11) is 1.63. The number of methoxy groups -OCH3 is 1. The van der Waals surface area contributed by atoms with Gasteiger partial charge in [0.2, 0.25) is 5.91 Å². The van der Waals surface area contributed by atoms with Gasteiger partial charge in [-0.3, -0.25) is 4.79 Å². The normalized spacial score (nSPS) is 19.5. The average Bonchev–Trinajstić information content (AvgIpc) is 3.51. The number of hydrogen-bond acceptors (Lipinski definition) is 6. The zero-order valence-electron chi connectivity index (χ0n) is 17.6. The van der Waals surface area contributed by atoms with Crippen molar-refractivity contribution in [1.29, 1.82) is 0 Å². The molecule has 1 aliphatic carbocycles. The number of halogens is 1. The van der Waals surface area contributed by atoms with Crippen LogP contribution in [0, 0.1) is 19.8 Å². The van der Waals surface area contributed by atoms with E-state index >= 15 is 0 Å². The lowest BCUT2D eigenvalue weighted by atomic mass is 9.93. The zero-order valence-corrected chi connectivity index (χ0v) is 18.3. The Morgan fingerprint density at radius 1 is 1.16 bits per heavy atom. The van der Waals surface area contributed by atoms with Crippen molar-refractivity contribution in [2.24, 2.45) is 5.92 Å². The molecule has 1 saturated carbocycles. The number of benzene rings is 1. The zero-order chi connectivity index (χ0) is 22.0. The molecular weight excluding hydrogens is 416 g/mol. The highest BCUT2D eigenvalue weighted by Crippen LogP contribution is 2.55. The number of carbonyl (C=O) groups is 1. The SMILES string of the molecule is COc1ccc(C2(COc3cnc(C)nc3C)CC2C(=O)Nc2ccc(Cl)cn2)cc1. The Balaban J connectivity index is 1.56. The van der Waals surface area contributed by atoms with Crippen molar-refractivity contribution in [2.75, 3.05) is 19.0 Å². The second-order valence-corrected chi connectivity index (χ2v) is 8.08. The number of amides is 1. The molecule has 1 aliphatic rings. The highest BCUT2D eigenvalue weighted by atomic mass is 35.5. The third-order valence-electron chi connectivity index (χ3n) is 5.58. The predicted octanol–water partition coefficient (Wildman–Crippen LogP) is 4.13. The molecular formula is C23H23ClN4O3. The first-order valence-corrected chi connectivity index (χ1v) is 10.3. The van der Waals surface area contributed by atoms with E-state index in [9.17, 15) is 4.79 Å². The predicted molar refractivity (Wildman–Crippen MR) is 118 cm³/mol. The summed E-state index contributed by atoms with van der Waals surface area (Å²) in [4.78, 5) is 25.7. The van der Waals surface area contributed by atoms with E-state index in [1.807, 2.05) is 38.1 Å². The van der Waals surface area contributed by atoms with Crippen LogP contribution >= 0.6 is 11.6 Å². The van der Waals surface area contributed by atoms with Crippen LogP contribution in [0.25, 0.3) is 0 Å². The van der Waals surface area contributed by atoms with E-state index in [2.05, 4.69) is 20.3 Å². The molecule has 0 radical (unpaired) electrons. The Bertz CT molecular complexity index is 1090. The van der Waals surface area contributed by atoms with Crippen LogP contribution in [0.15, 0.2) is 48.8 Å². The molecule has 1 aromatic carbocycles. The van der Waals surface area contributed by atoms with E-state index in [1.54, 1.807) is 25.4 Å². The minimum absolute atomic E-state index is 0.105. The van der Waals surface area contributed by atoms with E-state index in [1.165, 1.54) is 6.20 Å². The van der Waals surface area contributed by atoms with Gasteiger partial charge in [0.05, 0.1) is 36.5 Å². The lowest BCUT2D eigenvalue weighted by Gasteiger charge is -2.20. The van der Waals surface area contributed by atoms with Crippen molar-refractivity contribution in [3.05, 3.63) is 70.9 Å². The minimum Gasteiger partial charge on any atom is -0.497 e. The number of ether oxygens (including phenoxy) is 2. The molecule has 0 bridgehead atoms. The van der Waals surface area contributed by atoms with E-state index < -0.39 is 5.41 Å². The van der Waals surface area contributed by atoms with Gasteiger partial charge in [0, 0.05) is 11.6 Å². The van der Waals surface area contributed by atoms with Crippen molar-refractivity contribution in [3.63, 3.8) is 0 Å². The molecule has 1 N–H and O–H groups in total. The summed E-state index contributed by atoms with van der Waals surface area (Å²) < 4.78 is 11.4. The third-order valence-corrected chi connectivity index (χ3v) is 5.80. The minimum atomic E-state index is -0.458. The number of carbonyl (C=O) groups excluding carboxylic acids is 1. The second-order valence-electron chi connectivity index (χ2n) is 7.65. The van der Waals surface area contributed by atoms with Gasteiger partial charge in [-0.1, -0.05) is 23.7 Å². The topological polar surface area (TPSA) is 86.2 Å². The quantitative estimate of drug-likeness (QED) is 0.597. The van der Waals surface area contributed by atoms with E-state index in [0.29, 0.717) is 35.4 Å². The summed E-state index contributed by atoms with van der Waals surface area (Å²) >= 11 is 5.88. The molecule has 1 amide bonds. The van der Waals surface area contributed by atoms with Crippen LogP contribution in [-0.2, 0) is 10.2 Å². The summed E-state index contributed by atoms with van der Waals surface area (Å²) in [6.07, 6.45) is 3.84. The standard InChI is InChI=1S/C23H23ClN4O3/c1-14-20(12-25-15(2)27-14)31-13-23(16-4-7-18(30-3)8-5-16)10-19(23)22(29)28-21-9-6-17(24)11-26-21/h4-9,11-12,19H,10,13H2,1-3H3,(H,26,28,29). The van der Waals surface area contributed by atoms with E-state index in [0.717, 1.165) is 17.0 Å². The number of nitrogens with one attached hydrogen (secondary N) is 1. The average molecular weight is 439 g/mol. The number of anilines is 1. The van der Waals surface area contributed by atoms with Crippen LogP contribution in [-0.4, -0.2) is 34.6 Å². The monoisotopic (exact) mass is 438 g/mol. The number of nitrogens with zero attached hydrogens (tertiary/aromatic N) is 3. The van der Waals surface area contributed by atoms with Gasteiger partial charge >= 0.3 is 0 Å². The Morgan fingerprint density at radius 2 is 1.94 bits per heavy atom. The molecule has 0 spiro atoms. The molecule has 0 saturated heterocycles. The molecule has 1 fully saturated rings. The molecule has 0 aliphatic heterocycles. The van der Waals surface area contributed by atoms with E-state index in [4.69, 9.17) is 21.1 Å². The molecule has 8 heteroatoms. The van der Waals surface area contributed by atoms with Crippen LogP contribution in [0.4, 0.5) is 5.82 Å².